The minimum absolute atomic E-state index is 0. The lowest BCUT2D eigenvalue weighted by Gasteiger charge is -2.21. The van der Waals surface area contributed by atoms with Crippen LogP contribution in [-0.2, 0) is 18.1 Å². The molecule has 2 fully saturated rings. The van der Waals surface area contributed by atoms with Crippen LogP contribution in [0.1, 0.15) is 24.0 Å². The van der Waals surface area contributed by atoms with Crippen LogP contribution in [0, 0.1) is 11.9 Å². The zero-order chi connectivity index (χ0) is 24.1. The van der Waals surface area contributed by atoms with Crippen LogP contribution in [0.4, 0.5) is 17.6 Å². The molecule has 3 heterocycles. The molecular formula is C24H24Cl2F4N4O2. The first-order chi connectivity index (χ1) is 16.2. The van der Waals surface area contributed by atoms with Crippen molar-refractivity contribution in [3.63, 3.8) is 0 Å². The van der Waals surface area contributed by atoms with Crippen LogP contribution in [0.15, 0.2) is 58.3 Å². The Balaban J connectivity index is 0.00000180. The summed E-state index contributed by atoms with van der Waals surface area (Å²) < 4.78 is 53.4. The van der Waals surface area contributed by atoms with E-state index in [1.54, 1.807) is 12.1 Å². The highest BCUT2D eigenvalue weighted by Gasteiger charge is 2.60. The van der Waals surface area contributed by atoms with E-state index in [0.717, 1.165) is 37.2 Å². The van der Waals surface area contributed by atoms with Gasteiger partial charge in [0.05, 0.1) is 16.8 Å². The maximum atomic E-state index is 13.5. The lowest BCUT2D eigenvalue weighted by molar-refractivity contribution is -0.137. The Labute approximate surface area is 216 Å². The number of aromatic nitrogens is 3. The predicted molar refractivity (Wildman–Crippen MR) is 131 cm³/mol. The van der Waals surface area contributed by atoms with E-state index in [4.69, 9.17) is 0 Å². The number of hydrogen-bond donors (Lipinski definition) is 1. The van der Waals surface area contributed by atoms with Gasteiger partial charge in [0.2, 0.25) is 5.95 Å². The van der Waals surface area contributed by atoms with Crippen molar-refractivity contribution in [3.8, 4) is 11.3 Å². The number of piperidine rings is 1. The van der Waals surface area contributed by atoms with E-state index in [1.165, 1.54) is 29.0 Å². The topological polar surface area (TPSA) is 71.0 Å². The molecule has 36 heavy (non-hydrogen) atoms. The Bertz CT molecular complexity index is 1340. The average molecular weight is 547 g/mol. The van der Waals surface area contributed by atoms with Crippen molar-refractivity contribution in [2.75, 3.05) is 19.6 Å². The van der Waals surface area contributed by atoms with Crippen molar-refractivity contribution >= 4 is 24.8 Å². The van der Waals surface area contributed by atoms with Gasteiger partial charge in [-0.15, -0.1) is 24.8 Å². The molecule has 2 aliphatic rings. The Morgan fingerprint density at radius 2 is 1.78 bits per heavy atom. The number of nitrogens with one attached hydrogen (secondary N) is 1. The third-order valence-corrected chi connectivity index (χ3v) is 6.88. The van der Waals surface area contributed by atoms with Gasteiger partial charge in [-0.05, 0) is 55.1 Å². The highest BCUT2D eigenvalue weighted by atomic mass is 35.5. The number of halogens is 6. The molecular weight excluding hydrogens is 523 g/mol. The number of benzene rings is 1. The maximum absolute atomic E-state index is 13.5. The molecule has 0 spiro atoms. The summed E-state index contributed by atoms with van der Waals surface area (Å²) in [7, 11) is 0. The summed E-state index contributed by atoms with van der Waals surface area (Å²) in [4.78, 5) is 32.6. The average Bonchev–Trinajstić information content (AvgIpc) is 3.36. The Hall–Kier alpha value is -2.69. The van der Waals surface area contributed by atoms with Crippen molar-refractivity contribution in [2.45, 2.75) is 31.0 Å². The molecule has 12 heteroatoms. The van der Waals surface area contributed by atoms with Crippen LogP contribution in [0.25, 0.3) is 11.3 Å². The number of alkyl halides is 3. The van der Waals surface area contributed by atoms with Crippen LogP contribution < -0.4 is 11.2 Å². The largest absolute Gasteiger partial charge is 0.416 e. The van der Waals surface area contributed by atoms with Gasteiger partial charge in [-0.3, -0.25) is 14.3 Å². The Kier molecular flexibility index (Phi) is 8.02. The summed E-state index contributed by atoms with van der Waals surface area (Å²) in [6.07, 6.45) is -1.34. The number of pyridine rings is 1. The molecule has 0 amide bonds. The number of aryl methyl sites for hydroxylation is 1. The third-order valence-electron chi connectivity index (χ3n) is 6.88. The van der Waals surface area contributed by atoms with Crippen molar-refractivity contribution in [2.24, 2.45) is 5.92 Å². The first kappa shape index (κ1) is 27.9. The molecule has 2 atom stereocenters. The van der Waals surface area contributed by atoms with Gasteiger partial charge >= 0.3 is 11.9 Å². The molecule has 6 nitrogen and oxygen atoms in total. The molecule has 0 radical (unpaired) electrons. The molecule has 1 saturated heterocycles. The zero-order valence-electron chi connectivity index (χ0n) is 18.9. The molecule has 1 aromatic carbocycles. The number of fused-ring (bicyclic) bond motifs is 1. The molecule has 194 valence electrons. The normalized spacial score (nSPS) is 20.8. The summed E-state index contributed by atoms with van der Waals surface area (Å²) in [5.74, 6) is -0.296. The fourth-order valence-corrected chi connectivity index (χ4v) is 5.08. The zero-order valence-corrected chi connectivity index (χ0v) is 20.6. The Morgan fingerprint density at radius 1 is 1.06 bits per heavy atom. The summed E-state index contributed by atoms with van der Waals surface area (Å²) in [6.45, 7) is 2.69. The monoisotopic (exact) mass is 546 g/mol. The lowest BCUT2D eigenvalue weighted by Crippen LogP contribution is -2.32. The van der Waals surface area contributed by atoms with E-state index in [9.17, 15) is 27.2 Å². The molecule has 1 saturated carbocycles. The van der Waals surface area contributed by atoms with Crippen molar-refractivity contribution in [1.29, 1.82) is 0 Å². The van der Waals surface area contributed by atoms with E-state index in [2.05, 4.69) is 14.9 Å². The number of hydrogen-bond acceptors (Lipinski definition) is 4. The molecule has 0 unspecified atom stereocenters. The molecule has 5 rings (SSSR count). The first-order valence-corrected chi connectivity index (χ1v) is 11.0. The van der Waals surface area contributed by atoms with Gasteiger partial charge in [-0.2, -0.15) is 17.6 Å². The first-order valence-electron chi connectivity index (χ1n) is 11.0. The van der Waals surface area contributed by atoms with Crippen molar-refractivity contribution in [1.82, 2.24) is 19.4 Å². The quantitative estimate of drug-likeness (QED) is 0.370. The van der Waals surface area contributed by atoms with E-state index >= 15 is 0 Å². The van der Waals surface area contributed by atoms with Gasteiger partial charge in [0, 0.05) is 31.2 Å². The van der Waals surface area contributed by atoms with Crippen molar-refractivity contribution in [3.05, 3.63) is 86.6 Å². The summed E-state index contributed by atoms with van der Waals surface area (Å²) in [5, 5.41) is 0. The van der Waals surface area contributed by atoms with Gasteiger partial charge in [0.25, 0.3) is 5.56 Å². The number of aromatic amines is 1. The van der Waals surface area contributed by atoms with E-state index in [0.29, 0.717) is 25.4 Å². The van der Waals surface area contributed by atoms with Gasteiger partial charge in [0.1, 0.15) is 0 Å². The van der Waals surface area contributed by atoms with Crippen LogP contribution >= 0.6 is 24.8 Å². The van der Waals surface area contributed by atoms with Crippen molar-refractivity contribution < 1.29 is 17.6 Å². The molecule has 1 aliphatic heterocycles. The fraction of sp³-hybridized carbons (Fsp3) is 0.375. The number of H-pyrrole nitrogens is 1. The van der Waals surface area contributed by atoms with Gasteiger partial charge in [0.15, 0.2) is 0 Å². The third kappa shape index (κ3) is 5.35. The molecule has 1 aliphatic carbocycles. The van der Waals surface area contributed by atoms with Crippen LogP contribution in [0.5, 0.6) is 0 Å². The highest BCUT2D eigenvalue weighted by Crippen LogP contribution is 2.59. The van der Waals surface area contributed by atoms with E-state index in [1.807, 2.05) is 0 Å². The summed E-state index contributed by atoms with van der Waals surface area (Å²) in [5.41, 5.74) is -0.699. The number of rotatable bonds is 6. The Morgan fingerprint density at radius 3 is 2.44 bits per heavy atom. The maximum Gasteiger partial charge on any atom is 0.416 e. The van der Waals surface area contributed by atoms with Crippen LogP contribution in [-0.4, -0.2) is 39.1 Å². The second-order valence-electron chi connectivity index (χ2n) is 9.06. The second-order valence-corrected chi connectivity index (χ2v) is 9.06. The summed E-state index contributed by atoms with van der Waals surface area (Å²) >= 11 is 0. The highest BCUT2D eigenvalue weighted by molar-refractivity contribution is 5.85. The number of nitrogens with zero attached hydrogens (tertiary/aromatic N) is 3. The molecule has 1 N–H and O–H groups in total. The van der Waals surface area contributed by atoms with Gasteiger partial charge in [-0.1, -0.05) is 18.2 Å². The van der Waals surface area contributed by atoms with E-state index < -0.39 is 28.9 Å². The standard InChI is InChI=1S/C24H22F4N4O2.2ClH/c25-20-4-1-3-19(29-20)18-13-32(22(34)30-21(18)33)10-2-9-31-12-17-11-23(17,14-31)15-5-7-16(8-6-15)24(26,27)28;;/h1,3-8,13,17H,2,9-12,14H2,(H,30,33,34);2*1H/t17-,23+;;/m0../s1. The molecule has 2 aromatic heterocycles. The minimum Gasteiger partial charge on any atom is -0.302 e. The molecule has 0 bridgehead atoms. The minimum atomic E-state index is -4.34. The van der Waals surface area contributed by atoms with Gasteiger partial charge < -0.3 is 4.90 Å². The summed E-state index contributed by atoms with van der Waals surface area (Å²) in [6, 6.07) is 9.59. The van der Waals surface area contributed by atoms with Crippen LogP contribution in [0.2, 0.25) is 0 Å². The van der Waals surface area contributed by atoms with Gasteiger partial charge in [-0.25, -0.2) is 9.78 Å². The van der Waals surface area contributed by atoms with E-state index in [-0.39, 0.29) is 41.5 Å². The fourth-order valence-electron chi connectivity index (χ4n) is 5.08. The predicted octanol–water partition coefficient (Wildman–Crippen LogP) is 4.26. The SMILES string of the molecule is Cl.Cl.O=c1[nH]c(=O)n(CCCN2C[C@@H]3C[C@]3(c3ccc(C(F)(F)F)cc3)C2)cc1-c1cccc(F)n1. The smallest absolute Gasteiger partial charge is 0.302 e. The van der Waals surface area contributed by atoms with Crippen LogP contribution in [0.3, 0.4) is 0 Å². The lowest BCUT2D eigenvalue weighted by atomic mass is 9.94. The number of likely N-dealkylation sites (tertiary alicyclic amines) is 1. The molecule has 3 aromatic rings. The second kappa shape index (κ2) is 10.4.